The topological polar surface area (TPSA) is 47.6 Å². The highest BCUT2D eigenvalue weighted by Crippen LogP contribution is 2.41. The maximum atomic E-state index is 9.71. The van der Waals surface area contributed by atoms with Crippen LogP contribution in [0.3, 0.4) is 0 Å². The zero-order valence-electron chi connectivity index (χ0n) is 13.3. The molecule has 0 amide bonds. The van der Waals surface area contributed by atoms with Gasteiger partial charge in [0.25, 0.3) is 0 Å². The van der Waals surface area contributed by atoms with Crippen molar-refractivity contribution in [2.45, 2.75) is 32.1 Å². The van der Waals surface area contributed by atoms with E-state index in [1.807, 2.05) is 36.4 Å². The summed E-state index contributed by atoms with van der Waals surface area (Å²) in [7, 11) is 0. The van der Waals surface area contributed by atoms with E-state index >= 15 is 0 Å². The van der Waals surface area contributed by atoms with Gasteiger partial charge < -0.3 is 0 Å². The van der Waals surface area contributed by atoms with Gasteiger partial charge in [-0.3, -0.25) is 0 Å². The molecule has 0 aromatic heterocycles. The second-order valence-corrected chi connectivity index (χ2v) is 5.79. The Morgan fingerprint density at radius 1 is 1.22 bits per heavy atom. The molecule has 23 heavy (non-hydrogen) atoms. The zero-order valence-corrected chi connectivity index (χ0v) is 13.3. The summed E-state index contributed by atoms with van der Waals surface area (Å²) >= 11 is 0. The van der Waals surface area contributed by atoms with E-state index in [2.05, 4.69) is 36.6 Å². The first-order valence-electron chi connectivity index (χ1n) is 7.93. The standard InChI is InChI=1S/C21H20N2/c1-2-9-19-13-6-7-14-20(19)21(16-22,17-23)15-8-12-18-10-4-3-5-11-18/h2-5,10-11,14,19H,1,6-7,9,13,15H2. The minimum absolute atomic E-state index is 0.235. The van der Waals surface area contributed by atoms with Crippen LogP contribution in [0.1, 0.15) is 37.7 Å². The molecule has 2 nitrogen and oxygen atoms in total. The molecule has 0 saturated heterocycles. The van der Waals surface area contributed by atoms with Crippen LogP contribution in [0.5, 0.6) is 0 Å². The average Bonchev–Trinajstić information content (AvgIpc) is 2.61. The predicted octanol–water partition coefficient (Wildman–Crippen LogP) is 4.76. The van der Waals surface area contributed by atoms with Crippen LogP contribution in [0.2, 0.25) is 0 Å². The van der Waals surface area contributed by atoms with Crippen LogP contribution in [0.25, 0.3) is 0 Å². The average molecular weight is 300 g/mol. The molecule has 0 spiro atoms. The maximum Gasteiger partial charge on any atom is 0.175 e. The Kier molecular flexibility index (Phi) is 5.80. The third kappa shape index (κ3) is 3.91. The summed E-state index contributed by atoms with van der Waals surface area (Å²) in [5.74, 6) is 6.33. The van der Waals surface area contributed by atoms with E-state index in [0.717, 1.165) is 36.8 Å². The molecule has 1 aliphatic rings. The maximum absolute atomic E-state index is 9.71. The van der Waals surface area contributed by atoms with Gasteiger partial charge in [-0.1, -0.05) is 42.2 Å². The second-order valence-electron chi connectivity index (χ2n) is 5.79. The molecule has 1 unspecified atom stereocenters. The Morgan fingerprint density at radius 2 is 1.96 bits per heavy atom. The quantitative estimate of drug-likeness (QED) is 0.594. The van der Waals surface area contributed by atoms with Gasteiger partial charge in [-0.15, -0.1) is 6.58 Å². The van der Waals surface area contributed by atoms with Gasteiger partial charge in [-0.2, -0.15) is 10.5 Å². The van der Waals surface area contributed by atoms with Gasteiger partial charge in [0, 0.05) is 12.0 Å². The van der Waals surface area contributed by atoms with Crippen LogP contribution in [-0.2, 0) is 0 Å². The summed E-state index contributed by atoms with van der Waals surface area (Å²) in [6.07, 6.45) is 8.05. The van der Waals surface area contributed by atoms with E-state index in [-0.39, 0.29) is 12.3 Å². The fraction of sp³-hybridized carbons (Fsp3) is 0.333. The van der Waals surface area contributed by atoms with Gasteiger partial charge in [-0.25, -0.2) is 0 Å². The Morgan fingerprint density at radius 3 is 2.61 bits per heavy atom. The lowest BCUT2D eigenvalue weighted by Crippen LogP contribution is -2.26. The number of benzene rings is 1. The fourth-order valence-electron chi connectivity index (χ4n) is 3.05. The van der Waals surface area contributed by atoms with Gasteiger partial charge in [0.15, 0.2) is 5.41 Å². The highest BCUT2D eigenvalue weighted by molar-refractivity contribution is 5.40. The Balaban J connectivity index is 2.28. The van der Waals surface area contributed by atoms with Gasteiger partial charge in [-0.05, 0) is 49.3 Å². The van der Waals surface area contributed by atoms with Crippen LogP contribution in [0.4, 0.5) is 0 Å². The second kappa shape index (κ2) is 8.03. The van der Waals surface area contributed by atoms with Crippen LogP contribution in [0.15, 0.2) is 54.6 Å². The Labute approximate surface area is 138 Å². The number of rotatable bonds is 4. The van der Waals surface area contributed by atoms with Crippen LogP contribution in [-0.4, -0.2) is 0 Å². The largest absolute Gasteiger partial charge is 0.196 e. The fourth-order valence-corrected chi connectivity index (χ4v) is 3.05. The Hall–Kier alpha value is -2.76. The van der Waals surface area contributed by atoms with Crippen molar-refractivity contribution in [1.29, 1.82) is 10.5 Å². The van der Waals surface area contributed by atoms with E-state index in [1.54, 1.807) is 0 Å². The Bertz CT molecular complexity index is 703. The van der Waals surface area contributed by atoms with Gasteiger partial charge in [0.05, 0.1) is 12.1 Å². The first-order valence-corrected chi connectivity index (χ1v) is 7.93. The number of nitriles is 2. The van der Waals surface area contributed by atoms with Crippen molar-refractivity contribution in [3.63, 3.8) is 0 Å². The van der Waals surface area contributed by atoms with Crippen LogP contribution < -0.4 is 0 Å². The lowest BCUT2D eigenvalue weighted by atomic mass is 9.69. The molecule has 0 saturated carbocycles. The zero-order chi connectivity index (χ0) is 16.5. The minimum atomic E-state index is -1.14. The van der Waals surface area contributed by atoms with Crippen molar-refractivity contribution in [2.75, 3.05) is 0 Å². The first-order chi connectivity index (χ1) is 11.3. The lowest BCUT2D eigenvalue weighted by molar-refractivity contribution is 0.439. The molecule has 1 aromatic rings. The van der Waals surface area contributed by atoms with E-state index in [9.17, 15) is 10.5 Å². The minimum Gasteiger partial charge on any atom is -0.196 e. The van der Waals surface area contributed by atoms with Crippen LogP contribution >= 0.6 is 0 Å². The molecule has 0 fully saturated rings. The van der Waals surface area contributed by atoms with Crippen molar-refractivity contribution < 1.29 is 0 Å². The molecule has 0 aliphatic heterocycles. The van der Waals surface area contributed by atoms with Crippen molar-refractivity contribution in [1.82, 2.24) is 0 Å². The third-order valence-corrected chi connectivity index (χ3v) is 4.25. The van der Waals surface area contributed by atoms with Gasteiger partial charge in [0.2, 0.25) is 0 Å². The molecule has 0 bridgehead atoms. The highest BCUT2D eigenvalue weighted by atomic mass is 14.4. The number of nitrogens with zero attached hydrogens (tertiary/aromatic N) is 2. The summed E-state index contributed by atoms with van der Waals surface area (Å²) in [6.45, 7) is 3.80. The van der Waals surface area contributed by atoms with E-state index in [1.165, 1.54) is 0 Å². The van der Waals surface area contributed by atoms with Crippen molar-refractivity contribution in [3.05, 3.63) is 60.2 Å². The number of hydrogen-bond acceptors (Lipinski definition) is 2. The van der Waals surface area contributed by atoms with E-state index in [4.69, 9.17) is 0 Å². The summed E-state index contributed by atoms with van der Waals surface area (Å²) in [6, 6.07) is 14.1. The summed E-state index contributed by atoms with van der Waals surface area (Å²) in [5, 5.41) is 19.4. The van der Waals surface area contributed by atoms with Gasteiger partial charge in [0.1, 0.15) is 0 Å². The van der Waals surface area contributed by atoms with E-state index < -0.39 is 5.41 Å². The van der Waals surface area contributed by atoms with Crippen LogP contribution in [0, 0.1) is 45.8 Å². The molecule has 1 aromatic carbocycles. The molecule has 0 radical (unpaired) electrons. The monoisotopic (exact) mass is 300 g/mol. The molecule has 0 N–H and O–H groups in total. The van der Waals surface area contributed by atoms with E-state index in [0.29, 0.717) is 0 Å². The summed E-state index contributed by atoms with van der Waals surface area (Å²) < 4.78 is 0. The lowest BCUT2D eigenvalue weighted by Gasteiger charge is -2.30. The number of hydrogen-bond donors (Lipinski definition) is 0. The molecule has 1 atom stereocenters. The smallest absolute Gasteiger partial charge is 0.175 e. The van der Waals surface area contributed by atoms with Gasteiger partial charge >= 0.3 is 0 Å². The molecule has 114 valence electrons. The summed E-state index contributed by atoms with van der Waals surface area (Å²) in [4.78, 5) is 0. The van der Waals surface area contributed by atoms with Crippen molar-refractivity contribution in [2.24, 2.45) is 11.3 Å². The molecular formula is C21H20N2. The number of allylic oxidation sites excluding steroid dienone is 3. The SMILES string of the molecule is C=CCC1CCCC=C1C(C#N)(C#N)CC#Cc1ccccc1. The molecule has 2 rings (SSSR count). The predicted molar refractivity (Wildman–Crippen MR) is 91.8 cm³/mol. The summed E-state index contributed by atoms with van der Waals surface area (Å²) in [5.41, 5.74) is 0.698. The molecular weight excluding hydrogens is 280 g/mol. The normalized spacial score (nSPS) is 17.0. The van der Waals surface area contributed by atoms with Crippen molar-refractivity contribution in [3.8, 4) is 24.0 Å². The molecule has 1 aliphatic carbocycles. The first kappa shape index (κ1) is 16.6. The van der Waals surface area contributed by atoms with Crippen molar-refractivity contribution >= 4 is 0 Å². The third-order valence-electron chi connectivity index (χ3n) is 4.25. The highest BCUT2D eigenvalue weighted by Gasteiger charge is 2.38. The molecule has 0 heterocycles. The molecule has 2 heteroatoms.